The van der Waals surface area contributed by atoms with Gasteiger partial charge < -0.3 is 26.7 Å². The van der Waals surface area contributed by atoms with Gasteiger partial charge >= 0.3 is 6.03 Å². The molecule has 0 unspecified atom stereocenters. The van der Waals surface area contributed by atoms with E-state index in [1.54, 1.807) is 0 Å². The second-order valence-electron chi connectivity index (χ2n) is 9.71. The molecule has 8 nitrogen and oxygen atoms in total. The third kappa shape index (κ3) is 5.01. The van der Waals surface area contributed by atoms with Crippen molar-refractivity contribution in [3.8, 4) is 0 Å². The summed E-state index contributed by atoms with van der Waals surface area (Å²) in [6, 6.07) is 16.0. The van der Waals surface area contributed by atoms with E-state index < -0.39 is 29.4 Å². The van der Waals surface area contributed by atoms with Gasteiger partial charge in [-0.25, -0.2) is 4.79 Å². The first kappa shape index (κ1) is 24.3. The van der Waals surface area contributed by atoms with Gasteiger partial charge in [-0.3, -0.25) is 9.59 Å². The molecule has 1 aliphatic carbocycles. The number of para-hydroxylation sites is 1. The average Bonchev–Trinajstić information content (AvgIpc) is 3.20. The van der Waals surface area contributed by atoms with E-state index in [1.807, 2.05) is 75.4 Å². The summed E-state index contributed by atoms with van der Waals surface area (Å²) in [5.41, 5.74) is 8.34. The van der Waals surface area contributed by atoms with Crippen LogP contribution in [0.5, 0.6) is 0 Å². The third-order valence-corrected chi connectivity index (χ3v) is 6.88. The molecule has 3 aromatic rings. The van der Waals surface area contributed by atoms with Crippen molar-refractivity contribution in [3.05, 3.63) is 71.4 Å². The summed E-state index contributed by atoms with van der Waals surface area (Å²) in [6.07, 6.45) is 1.26. The van der Waals surface area contributed by atoms with E-state index in [2.05, 4.69) is 20.9 Å². The fourth-order valence-electron chi connectivity index (χ4n) is 4.88. The number of primary amides is 1. The third-order valence-electron chi connectivity index (χ3n) is 6.88. The molecule has 3 atom stereocenters. The average molecular weight is 476 g/mol. The number of aromatic amines is 1. The molecule has 184 valence electrons. The number of nitrogens with one attached hydrogen (secondary N) is 4. The Kier molecular flexibility index (Phi) is 6.82. The molecule has 1 heterocycles. The lowest BCUT2D eigenvalue weighted by Gasteiger charge is -2.38. The van der Waals surface area contributed by atoms with Crippen LogP contribution in [-0.4, -0.2) is 34.4 Å². The van der Waals surface area contributed by atoms with E-state index in [0.29, 0.717) is 19.3 Å². The van der Waals surface area contributed by atoms with E-state index in [1.165, 1.54) is 0 Å². The molecule has 6 N–H and O–H groups in total. The normalized spacial score (nSPS) is 19.0. The van der Waals surface area contributed by atoms with Crippen LogP contribution in [0.1, 0.15) is 50.1 Å². The summed E-state index contributed by atoms with van der Waals surface area (Å²) in [4.78, 5) is 42.4. The van der Waals surface area contributed by atoms with Gasteiger partial charge in [-0.05, 0) is 42.9 Å². The van der Waals surface area contributed by atoms with Crippen molar-refractivity contribution in [2.45, 2.75) is 57.7 Å². The van der Waals surface area contributed by atoms with Gasteiger partial charge in [0.25, 0.3) is 0 Å². The van der Waals surface area contributed by atoms with Gasteiger partial charge in [-0.1, -0.05) is 62.4 Å². The van der Waals surface area contributed by atoms with Crippen molar-refractivity contribution in [1.82, 2.24) is 20.9 Å². The Labute approximate surface area is 205 Å². The molecule has 4 rings (SSSR count). The molecule has 1 aromatic heterocycles. The van der Waals surface area contributed by atoms with Crippen LogP contribution in [0.3, 0.4) is 0 Å². The van der Waals surface area contributed by atoms with E-state index >= 15 is 0 Å². The van der Waals surface area contributed by atoms with Gasteiger partial charge in [0, 0.05) is 23.0 Å². The molecule has 1 aliphatic rings. The number of hydrogen-bond donors (Lipinski definition) is 5. The lowest BCUT2D eigenvalue weighted by atomic mass is 9.78. The second-order valence-corrected chi connectivity index (χ2v) is 9.71. The van der Waals surface area contributed by atoms with Crippen LogP contribution in [0, 0.1) is 5.92 Å². The highest BCUT2D eigenvalue weighted by Gasteiger charge is 2.45. The molecular weight excluding hydrogens is 442 g/mol. The minimum atomic E-state index is -1.24. The molecule has 8 heteroatoms. The van der Waals surface area contributed by atoms with E-state index in [4.69, 9.17) is 5.73 Å². The Bertz CT molecular complexity index is 1240. The van der Waals surface area contributed by atoms with Gasteiger partial charge in [-0.15, -0.1) is 0 Å². The number of urea groups is 1. The molecule has 0 spiro atoms. The van der Waals surface area contributed by atoms with Crippen LogP contribution in [-0.2, 0) is 22.4 Å². The molecule has 0 radical (unpaired) electrons. The van der Waals surface area contributed by atoms with Gasteiger partial charge in [0.2, 0.25) is 11.8 Å². The maximum Gasteiger partial charge on any atom is 0.316 e. The first-order chi connectivity index (χ1) is 16.7. The Morgan fingerprint density at radius 2 is 1.66 bits per heavy atom. The number of aromatic nitrogens is 1. The predicted octanol–water partition coefficient (Wildman–Crippen LogP) is 3.08. The van der Waals surface area contributed by atoms with Crippen molar-refractivity contribution in [1.29, 1.82) is 0 Å². The van der Waals surface area contributed by atoms with Crippen LogP contribution in [0.4, 0.5) is 4.79 Å². The van der Waals surface area contributed by atoms with Crippen molar-refractivity contribution >= 4 is 28.7 Å². The number of nitrogens with two attached hydrogens (primary N) is 1. The lowest BCUT2D eigenvalue weighted by molar-refractivity contribution is -0.132. The van der Waals surface area contributed by atoms with Crippen LogP contribution in [0.2, 0.25) is 0 Å². The van der Waals surface area contributed by atoms with Gasteiger partial charge in [0.05, 0.1) is 6.04 Å². The fraction of sp³-hybridized carbons (Fsp3) is 0.370. The summed E-state index contributed by atoms with van der Waals surface area (Å²) in [5.74, 6) is -1.20. The molecule has 0 fully saturated rings. The first-order valence-corrected chi connectivity index (χ1v) is 12.0. The van der Waals surface area contributed by atoms with Crippen molar-refractivity contribution < 1.29 is 14.4 Å². The van der Waals surface area contributed by atoms with E-state index in [-0.39, 0.29) is 12.0 Å². The number of rotatable bonds is 7. The molecule has 2 aromatic carbocycles. The highest BCUT2D eigenvalue weighted by molar-refractivity contribution is 5.96. The van der Waals surface area contributed by atoms with Crippen LogP contribution in [0.15, 0.2) is 54.6 Å². The fourth-order valence-corrected chi connectivity index (χ4v) is 4.88. The summed E-state index contributed by atoms with van der Waals surface area (Å²) in [7, 11) is 0. The van der Waals surface area contributed by atoms with E-state index in [0.717, 1.165) is 27.7 Å². The molecule has 35 heavy (non-hydrogen) atoms. The number of fused-ring (bicyclic) bond motifs is 3. The summed E-state index contributed by atoms with van der Waals surface area (Å²) in [5, 5.41) is 9.78. The monoisotopic (exact) mass is 475 g/mol. The zero-order valence-corrected chi connectivity index (χ0v) is 20.4. The molecular formula is C27H33N5O3. The maximum atomic E-state index is 13.7. The smallest absolute Gasteiger partial charge is 0.316 e. The topological polar surface area (TPSA) is 129 Å². The number of benzene rings is 2. The Morgan fingerprint density at radius 1 is 0.971 bits per heavy atom. The number of carbonyl (C=O) groups excluding carboxylic acids is 3. The highest BCUT2D eigenvalue weighted by Crippen LogP contribution is 2.34. The lowest BCUT2D eigenvalue weighted by Crippen LogP contribution is -2.65. The van der Waals surface area contributed by atoms with Gasteiger partial charge in [0.1, 0.15) is 11.6 Å². The predicted molar refractivity (Wildman–Crippen MR) is 136 cm³/mol. The number of amides is 4. The molecule has 0 bridgehead atoms. The van der Waals surface area contributed by atoms with Gasteiger partial charge in [0.15, 0.2) is 0 Å². The van der Waals surface area contributed by atoms with Crippen molar-refractivity contribution in [2.24, 2.45) is 11.7 Å². The summed E-state index contributed by atoms with van der Waals surface area (Å²) in [6.45, 7) is 5.54. The largest absolute Gasteiger partial charge is 0.368 e. The highest BCUT2D eigenvalue weighted by atomic mass is 16.2. The number of H-pyrrole nitrogens is 1. The Morgan fingerprint density at radius 3 is 2.34 bits per heavy atom. The SMILES string of the molecule is CC(C)[C@H](NC(=O)[C@]1(NC(=O)N[C@H](C)c2ccccc2)CCc2[nH]c3ccccc3c2C1)C(N)=O. The zero-order chi connectivity index (χ0) is 25.2. The quantitative estimate of drug-likeness (QED) is 0.360. The maximum absolute atomic E-state index is 13.7. The van der Waals surface area contributed by atoms with Crippen LogP contribution < -0.4 is 21.7 Å². The Hall–Kier alpha value is -3.81. The molecule has 0 saturated carbocycles. The summed E-state index contributed by atoms with van der Waals surface area (Å²) < 4.78 is 0. The molecule has 4 amide bonds. The zero-order valence-electron chi connectivity index (χ0n) is 20.4. The number of carbonyl (C=O) groups is 3. The Balaban J connectivity index is 1.64. The second kappa shape index (κ2) is 9.82. The molecule has 0 saturated heterocycles. The first-order valence-electron chi connectivity index (χ1n) is 12.0. The van der Waals surface area contributed by atoms with E-state index in [9.17, 15) is 14.4 Å². The minimum Gasteiger partial charge on any atom is -0.368 e. The minimum absolute atomic E-state index is 0.187. The van der Waals surface area contributed by atoms with Crippen molar-refractivity contribution in [3.63, 3.8) is 0 Å². The van der Waals surface area contributed by atoms with Crippen LogP contribution >= 0.6 is 0 Å². The van der Waals surface area contributed by atoms with Crippen LogP contribution in [0.25, 0.3) is 10.9 Å². The number of hydrogen-bond acceptors (Lipinski definition) is 3. The van der Waals surface area contributed by atoms with Crippen molar-refractivity contribution in [2.75, 3.05) is 0 Å². The number of aryl methyl sites for hydroxylation is 1. The molecule has 0 aliphatic heterocycles. The summed E-state index contributed by atoms with van der Waals surface area (Å²) >= 11 is 0. The standard InChI is InChI=1S/C27H33N5O3/c1-16(2)23(24(28)33)31-25(34)27(32-26(35)29-17(3)18-9-5-4-6-10-18)14-13-22-20(15-27)19-11-7-8-12-21(19)30-22/h4-12,16-17,23,30H,13-15H2,1-3H3,(H2,28,33)(H,31,34)(H2,29,32,35)/t17-,23+,27+/m1/s1. The van der Waals surface area contributed by atoms with Gasteiger partial charge in [-0.2, -0.15) is 0 Å².